The normalized spacial score (nSPS) is 20.3. The van der Waals surface area contributed by atoms with Crippen molar-refractivity contribution in [2.24, 2.45) is 0 Å². The molecule has 5 heteroatoms. The fourth-order valence-corrected chi connectivity index (χ4v) is 4.46. The maximum absolute atomic E-state index is 11.7. The minimum Gasteiger partial charge on any atom is -0.480 e. The Kier molecular flexibility index (Phi) is 5.05. The van der Waals surface area contributed by atoms with Gasteiger partial charge >= 0.3 is 5.97 Å². The molecule has 1 aromatic carbocycles. The van der Waals surface area contributed by atoms with E-state index in [1.807, 2.05) is 24.3 Å². The molecule has 1 aliphatic rings. The number of benzene rings is 1. The number of aryl methyl sites for hydroxylation is 1. The van der Waals surface area contributed by atoms with Gasteiger partial charge in [0.05, 0.1) is 6.04 Å². The number of hydrogen-bond acceptors (Lipinski definition) is 3. The summed E-state index contributed by atoms with van der Waals surface area (Å²) in [5, 5.41) is 12.5. The maximum atomic E-state index is 11.7. The van der Waals surface area contributed by atoms with Gasteiger partial charge < -0.3 is 5.11 Å². The van der Waals surface area contributed by atoms with Crippen molar-refractivity contribution >= 4 is 28.9 Å². The van der Waals surface area contributed by atoms with E-state index in [9.17, 15) is 9.90 Å². The van der Waals surface area contributed by atoms with Crippen LogP contribution in [0.1, 0.15) is 41.3 Å². The average Bonchev–Trinajstić information content (AvgIpc) is 2.96. The summed E-state index contributed by atoms with van der Waals surface area (Å²) in [6, 6.07) is 9.50. The van der Waals surface area contributed by atoms with Crippen LogP contribution in [-0.4, -0.2) is 28.6 Å². The molecule has 122 valence electrons. The van der Waals surface area contributed by atoms with Gasteiger partial charge in [0.1, 0.15) is 6.04 Å². The van der Waals surface area contributed by atoms with Crippen LogP contribution in [0.15, 0.2) is 35.7 Å². The second-order valence-electron chi connectivity index (χ2n) is 6.07. The van der Waals surface area contributed by atoms with Crippen molar-refractivity contribution in [1.29, 1.82) is 0 Å². The van der Waals surface area contributed by atoms with Crippen molar-refractivity contribution in [3.63, 3.8) is 0 Å². The summed E-state index contributed by atoms with van der Waals surface area (Å²) in [5.41, 5.74) is 2.32. The summed E-state index contributed by atoms with van der Waals surface area (Å²) in [4.78, 5) is 15.1. The highest BCUT2D eigenvalue weighted by Gasteiger charge is 2.35. The predicted molar refractivity (Wildman–Crippen MR) is 94.3 cm³/mol. The Morgan fingerprint density at radius 2 is 2.09 bits per heavy atom. The zero-order valence-corrected chi connectivity index (χ0v) is 14.6. The highest BCUT2D eigenvalue weighted by molar-refractivity contribution is 7.10. The zero-order chi connectivity index (χ0) is 16.4. The van der Waals surface area contributed by atoms with Gasteiger partial charge in [-0.1, -0.05) is 30.2 Å². The fraction of sp³-hybridized carbons (Fsp3) is 0.389. The van der Waals surface area contributed by atoms with Gasteiger partial charge in [0.2, 0.25) is 0 Å². The number of thiophene rings is 1. The number of rotatable bonds is 4. The van der Waals surface area contributed by atoms with Crippen LogP contribution >= 0.6 is 22.9 Å². The first kappa shape index (κ1) is 16.5. The molecule has 1 N–H and O–H groups in total. The molecule has 0 amide bonds. The Hall–Kier alpha value is -1.36. The summed E-state index contributed by atoms with van der Waals surface area (Å²) in [7, 11) is 0. The molecule has 0 bridgehead atoms. The molecule has 0 saturated carbocycles. The van der Waals surface area contributed by atoms with Crippen LogP contribution in [0.5, 0.6) is 0 Å². The van der Waals surface area contributed by atoms with E-state index < -0.39 is 12.0 Å². The Morgan fingerprint density at radius 1 is 1.35 bits per heavy atom. The Balaban J connectivity index is 2.03. The number of likely N-dealkylation sites (tertiary alicyclic amines) is 1. The van der Waals surface area contributed by atoms with E-state index in [1.54, 1.807) is 11.3 Å². The molecular formula is C18H20ClNO2S. The third kappa shape index (κ3) is 3.60. The first-order chi connectivity index (χ1) is 11.1. The number of nitrogens with zero attached hydrogens (tertiary/aromatic N) is 1. The van der Waals surface area contributed by atoms with Gasteiger partial charge in [0.15, 0.2) is 0 Å². The smallest absolute Gasteiger partial charge is 0.320 e. The molecule has 1 saturated heterocycles. The summed E-state index contributed by atoms with van der Waals surface area (Å²) in [5.74, 6) is -0.725. The van der Waals surface area contributed by atoms with Crippen LogP contribution < -0.4 is 0 Å². The van der Waals surface area contributed by atoms with Gasteiger partial charge in [-0.15, -0.1) is 11.3 Å². The lowest BCUT2D eigenvalue weighted by molar-refractivity contribution is -0.145. The minimum atomic E-state index is -0.725. The molecule has 0 spiro atoms. The number of aliphatic carboxylic acids is 1. The summed E-state index contributed by atoms with van der Waals surface area (Å²) in [6.07, 6.45) is 2.73. The van der Waals surface area contributed by atoms with Gasteiger partial charge in [-0.3, -0.25) is 9.69 Å². The van der Waals surface area contributed by atoms with Gasteiger partial charge in [0.25, 0.3) is 0 Å². The van der Waals surface area contributed by atoms with E-state index in [4.69, 9.17) is 11.6 Å². The van der Waals surface area contributed by atoms with Gasteiger partial charge in [-0.25, -0.2) is 0 Å². The molecule has 1 fully saturated rings. The number of carboxylic acid groups (broad SMARTS) is 1. The monoisotopic (exact) mass is 349 g/mol. The molecule has 3 rings (SSSR count). The van der Waals surface area contributed by atoms with Crippen molar-refractivity contribution in [2.45, 2.75) is 38.3 Å². The van der Waals surface area contributed by atoms with Crippen LogP contribution in [0.25, 0.3) is 0 Å². The molecule has 3 nitrogen and oxygen atoms in total. The van der Waals surface area contributed by atoms with Crippen LogP contribution in [-0.2, 0) is 4.79 Å². The second-order valence-corrected chi connectivity index (χ2v) is 7.45. The van der Waals surface area contributed by atoms with Crippen molar-refractivity contribution in [3.05, 3.63) is 56.7 Å². The third-order valence-corrected chi connectivity index (χ3v) is 5.72. The molecule has 0 radical (unpaired) electrons. The van der Waals surface area contributed by atoms with E-state index in [-0.39, 0.29) is 6.04 Å². The van der Waals surface area contributed by atoms with E-state index in [1.165, 1.54) is 10.4 Å². The predicted octanol–water partition coefficient (Wildman–Crippen LogP) is 4.74. The quantitative estimate of drug-likeness (QED) is 0.866. The van der Waals surface area contributed by atoms with E-state index in [0.717, 1.165) is 24.9 Å². The molecule has 1 aliphatic heterocycles. The molecule has 2 aromatic rings. The highest BCUT2D eigenvalue weighted by atomic mass is 35.5. The van der Waals surface area contributed by atoms with Crippen molar-refractivity contribution in [2.75, 3.05) is 6.54 Å². The lowest BCUT2D eigenvalue weighted by atomic mass is 9.95. The Morgan fingerprint density at radius 3 is 2.70 bits per heavy atom. The number of carboxylic acids is 1. The van der Waals surface area contributed by atoms with E-state index in [0.29, 0.717) is 11.4 Å². The van der Waals surface area contributed by atoms with Crippen LogP contribution in [0.2, 0.25) is 5.02 Å². The molecule has 2 atom stereocenters. The van der Waals surface area contributed by atoms with Crippen molar-refractivity contribution in [1.82, 2.24) is 4.90 Å². The molecular weight excluding hydrogens is 330 g/mol. The molecule has 0 aliphatic carbocycles. The first-order valence-electron chi connectivity index (χ1n) is 7.85. The Bertz CT molecular complexity index is 683. The number of piperidine rings is 1. The van der Waals surface area contributed by atoms with Crippen LogP contribution in [0.4, 0.5) is 0 Å². The minimum absolute atomic E-state index is 0.0210. The topological polar surface area (TPSA) is 40.5 Å². The van der Waals surface area contributed by atoms with Crippen molar-refractivity contribution < 1.29 is 9.90 Å². The molecule has 23 heavy (non-hydrogen) atoms. The summed E-state index contributed by atoms with van der Waals surface area (Å²) < 4.78 is 0. The lowest BCUT2D eigenvalue weighted by Crippen LogP contribution is -2.46. The number of carbonyl (C=O) groups is 1. The molecule has 1 aromatic heterocycles. The fourth-order valence-electron chi connectivity index (χ4n) is 3.29. The van der Waals surface area contributed by atoms with Crippen molar-refractivity contribution in [3.8, 4) is 0 Å². The number of halogens is 1. The summed E-state index contributed by atoms with van der Waals surface area (Å²) >= 11 is 7.72. The number of hydrogen-bond donors (Lipinski definition) is 1. The molecule has 2 unspecified atom stereocenters. The average molecular weight is 350 g/mol. The van der Waals surface area contributed by atoms with Gasteiger partial charge in [-0.05, 0) is 61.0 Å². The lowest BCUT2D eigenvalue weighted by Gasteiger charge is -2.39. The largest absolute Gasteiger partial charge is 0.480 e. The second kappa shape index (κ2) is 7.04. The Labute approximate surface area is 145 Å². The van der Waals surface area contributed by atoms with Crippen LogP contribution in [0.3, 0.4) is 0 Å². The van der Waals surface area contributed by atoms with Crippen LogP contribution in [0, 0.1) is 6.92 Å². The standard InChI is InChI=1S/C18H20ClNO2S/c1-12-10-16(23-11-12)17(13-5-7-14(19)8-6-13)20-9-3-2-4-15(20)18(21)22/h5-8,10-11,15,17H,2-4,9H2,1H3,(H,21,22). The summed E-state index contributed by atoms with van der Waals surface area (Å²) in [6.45, 7) is 2.88. The third-order valence-electron chi connectivity index (χ3n) is 4.37. The highest BCUT2D eigenvalue weighted by Crippen LogP contribution is 2.37. The SMILES string of the molecule is Cc1csc(C(c2ccc(Cl)cc2)N2CCCCC2C(=O)O)c1. The zero-order valence-electron chi connectivity index (χ0n) is 13.0. The van der Waals surface area contributed by atoms with E-state index in [2.05, 4.69) is 23.3 Å². The molecule has 2 heterocycles. The van der Waals surface area contributed by atoms with Gasteiger partial charge in [0, 0.05) is 9.90 Å². The first-order valence-corrected chi connectivity index (χ1v) is 9.11. The maximum Gasteiger partial charge on any atom is 0.320 e. The van der Waals surface area contributed by atoms with E-state index >= 15 is 0 Å². The van der Waals surface area contributed by atoms with Gasteiger partial charge in [-0.2, -0.15) is 0 Å².